The molecule has 2 rings (SSSR count). The van der Waals surface area contributed by atoms with Gasteiger partial charge in [0.1, 0.15) is 0 Å². The summed E-state index contributed by atoms with van der Waals surface area (Å²) in [6, 6.07) is 7.33. The Morgan fingerprint density at radius 2 is 2.33 bits per heavy atom. The van der Waals surface area contributed by atoms with Gasteiger partial charge in [0.2, 0.25) is 0 Å². The Morgan fingerprint density at radius 1 is 1.52 bits per heavy atom. The van der Waals surface area contributed by atoms with Gasteiger partial charge in [0.05, 0.1) is 11.6 Å². The summed E-state index contributed by atoms with van der Waals surface area (Å²) in [5, 5.41) is 12.4. The highest BCUT2D eigenvalue weighted by molar-refractivity contribution is 5.99. The van der Waals surface area contributed by atoms with Crippen LogP contribution in [-0.4, -0.2) is 36.9 Å². The van der Waals surface area contributed by atoms with E-state index in [0.717, 1.165) is 25.3 Å². The van der Waals surface area contributed by atoms with Gasteiger partial charge in [0, 0.05) is 24.3 Å². The molecule has 112 valence electrons. The van der Waals surface area contributed by atoms with Gasteiger partial charge in [-0.3, -0.25) is 4.79 Å². The highest BCUT2D eigenvalue weighted by Gasteiger charge is 2.21. The lowest BCUT2D eigenvalue weighted by Gasteiger charge is -2.16. The maximum atomic E-state index is 11.7. The Kier molecular flexibility index (Phi) is 5.35. The van der Waals surface area contributed by atoms with E-state index in [-0.39, 0.29) is 5.78 Å². The van der Waals surface area contributed by atoms with Gasteiger partial charge in [-0.05, 0) is 57.0 Å². The number of ketones is 1. The van der Waals surface area contributed by atoms with E-state index in [0.29, 0.717) is 17.0 Å². The molecule has 1 unspecified atom stereocenters. The van der Waals surface area contributed by atoms with Crippen molar-refractivity contribution >= 4 is 11.5 Å². The molecule has 1 N–H and O–H groups in total. The molecule has 0 aromatic heterocycles. The first-order valence-electron chi connectivity index (χ1n) is 7.65. The third-order valence-electron chi connectivity index (χ3n) is 4.02. The Balaban J connectivity index is 1.99. The van der Waals surface area contributed by atoms with E-state index in [4.69, 9.17) is 5.26 Å². The summed E-state index contributed by atoms with van der Waals surface area (Å²) in [5.41, 5.74) is 2.04. The van der Waals surface area contributed by atoms with Gasteiger partial charge < -0.3 is 10.2 Å². The standard InChI is InChI=1S/C17H23N3O/c1-3-7-20-8-6-15(12-20)11-19-17-9-14(10-18)4-5-16(17)13(2)21/h4-5,9,15,19H,3,6-8,11-12H2,1-2H3. The van der Waals surface area contributed by atoms with Crippen molar-refractivity contribution in [3.63, 3.8) is 0 Å². The molecule has 0 amide bonds. The predicted octanol–water partition coefficient (Wildman–Crippen LogP) is 2.90. The molecule has 1 saturated heterocycles. The van der Waals surface area contributed by atoms with E-state index in [2.05, 4.69) is 23.2 Å². The lowest BCUT2D eigenvalue weighted by molar-refractivity contribution is 0.101. The number of nitrogens with zero attached hydrogens (tertiary/aromatic N) is 2. The summed E-state index contributed by atoms with van der Waals surface area (Å²) >= 11 is 0. The number of carbonyl (C=O) groups is 1. The number of Topliss-reactive ketones (excluding diaryl/α,β-unsaturated/α-hetero) is 1. The van der Waals surface area contributed by atoms with Gasteiger partial charge in [-0.1, -0.05) is 6.92 Å². The zero-order valence-corrected chi connectivity index (χ0v) is 12.9. The normalized spacial score (nSPS) is 18.4. The summed E-state index contributed by atoms with van der Waals surface area (Å²) in [6.07, 6.45) is 2.39. The molecule has 1 fully saturated rings. The Hall–Kier alpha value is -1.86. The summed E-state index contributed by atoms with van der Waals surface area (Å²) < 4.78 is 0. The zero-order chi connectivity index (χ0) is 15.2. The van der Waals surface area contributed by atoms with Crippen molar-refractivity contribution in [1.82, 2.24) is 4.90 Å². The average molecular weight is 285 g/mol. The molecule has 1 aliphatic rings. The van der Waals surface area contributed by atoms with Gasteiger partial charge in [0.15, 0.2) is 5.78 Å². The highest BCUT2D eigenvalue weighted by atomic mass is 16.1. The molecule has 0 saturated carbocycles. The fraction of sp³-hybridized carbons (Fsp3) is 0.529. The SMILES string of the molecule is CCCN1CCC(CNc2cc(C#N)ccc2C(C)=O)C1. The number of rotatable bonds is 6. The summed E-state index contributed by atoms with van der Waals surface area (Å²) in [4.78, 5) is 14.2. The van der Waals surface area contributed by atoms with Crippen molar-refractivity contribution in [3.8, 4) is 6.07 Å². The number of nitrogens with one attached hydrogen (secondary N) is 1. The van der Waals surface area contributed by atoms with Crippen molar-refractivity contribution in [3.05, 3.63) is 29.3 Å². The molecular formula is C17H23N3O. The Morgan fingerprint density at radius 3 is 3.00 bits per heavy atom. The van der Waals surface area contributed by atoms with Gasteiger partial charge in [-0.2, -0.15) is 5.26 Å². The molecule has 4 heteroatoms. The highest BCUT2D eigenvalue weighted by Crippen LogP contribution is 2.21. The molecule has 0 spiro atoms. The molecule has 4 nitrogen and oxygen atoms in total. The van der Waals surface area contributed by atoms with Crippen LogP contribution in [-0.2, 0) is 0 Å². The fourth-order valence-electron chi connectivity index (χ4n) is 2.92. The van der Waals surface area contributed by atoms with Crippen LogP contribution in [0.4, 0.5) is 5.69 Å². The smallest absolute Gasteiger partial charge is 0.161 e. The molecule has 0 aliphatic carbocycles. The van der Waals surface area contributed by atoms with Crippen molar-refractivity contribution < 1.29 is 4.79 Å². The van der Waals surface area contributed by atoms with Crippen molar-refractivity contribution in [2.75, 3.05) is 31.5 Å². The molecular weight excluding hydrogens is 262 g/mol. The molecule has 1 heterocycles. The van der Waals surface area contributed by atoms with E-state index in [1.54, 1.807) is 25.1 Å². The largest absolute Gasteiger partial charge is 0.384 e. The average Bonchev–Trinajstić information content (AvgIpc) is 2.92. The topological polar surface area (TPSA) is 56.1 Å². The van der Waals surface area contributed by atoms with Gasteiger partial charge in [-0.15, -0.1) is 0 Å². The third kappa shape index (κ3) is 4.05. The third-order valence-corrected chi connectivity index (χ3v) is 4.02. The summed E-state index contributed by atoms with van der Waals surface area (Å²) in [7, 11) is 0. The van der Waals surface area contributed by atoms with Gasteiger partial charge in [0.25, 0.3) is 0 Å². The molecule has 1 aromatic carbocycles. The first-order chi connectivity index (χ1) is 10.1. The Labute approximate surface area is 126 Å². The molecule has 1 aromatic rings. The summed E-state index contributed by atoms with van der Waals surface area (Å²) in [5.74, 6) is 0.642. The molecule has 0 radical (unpaired) electrons. The van der Waals surface area contributed by atoms with Crippen molar-refractivity contribution in [2.24, 2.45) is 5.92 Å². The minimum atomic E-state index is 0.0287. The number of hydrogen-bond donors (Lipinski definition) is 1. The van der Waals surface area contributed by atoms with Crippen LogP contribution in [0, 0.1) is 17.2 Å². The minimum Gasteiger partial charge on any atom is -0.384 e. The zero-order valence-electron chi connectivity index (χ0n) is 12.9. The quantitative estimate of drug-likeness (QED) is 0.817. The lowest BCUT2D eigenvalue weighted by atomic mass is 10.0. The fourth-order valence-corrected chi connectivity index (χ4v) is 2.92. The second-order valence-electron chi connectivity index (χ2n) is 5.76. The predicted molar refractivity (Wildman–Crippen MR) is 84.5 cm³/mol. The maximum Gasteiger partial charge on any atom is 0.161 e. The van der Waals surface area contributed by atoms with Crippen LogP contribution >= 0.6 is 0 Å². The van der Waals surface area contributed by atoms with Crippen LogP contribution < -0.4 is 5.32 Å². The van der Waals surface area contributed by atoms with E-state index in [9.17, 15) is 4.79 Å². The molecule has 0 bridgehead atoms. The van der Waals surface area contributed by atoms with Gasteiger partial charge >= 0.3 is 0 Å². The van der Waals surface area contributed by atoms with E-state index in [1.807, 2.05) is 0 Å². The number of hydrogen-bond acceptors (Lipinski definition) is 4. The molecule has 1 aliphatic heterocycles. The number of benzene rings is 1. The number of likely N-dealkylation sites (tertiary alicyclic amines) is 1. The number of anilines is 1. The van der Waals surface area contributed by atoms with Crippen LogP contribution in [0.15, 0.2) is 18.2 Å². The molecule has 21 heavy (non-hydrogen) atoms. The molecule has 1 atom stereocenters. The van der Waals surface area contributed by atoms with Crippen LogP contribution in [0.1, 0.15) is 42.6 Å². The minimum absolute atomic E-state index is 0.0287. The lowest BCUT2D eigenvalue weighted by Crippen LogP contribution is -2.23. The first kappa shape index (κ1) is 15.5. The van der Waals surface area contributed by atoms with Crippen LogP contribution in [0.2, 0.25) is 0 Å². The van der Waals surface area contributed by atoms with E-state index in [1.165, 1.54) is 19.4 Å². The van der Waals surface area contributed by atoms with Crippen LogP contribution in [0.3, 0.4) is 0 Å². The number of carbonyl (C=O) groups excluding carboxylic acids is 1. The van der Waals surface area contributed by atoms with E-state index < -0.39 is 0 Å². The van der Waals surface area contributed by atoms with Gasteiger partial charge in [-0.25, -0.2) is 0 Å². The van der Waals surface area contributed by atoms with Crippen LogP contribution in [0.5, 0.6) is 0 Å². The second-order valence-corrected chi connectivity index (χ2v) is 5.76. The summed E-state index contributed by atoms with van der Waals surface area (Å²) in [6.45, 7) is 8.07. The van der Waals surface area contributed by atoms with E-state index >= 15 is 0 Å². The van der Waals surface area contributed by atoms with Crippen LogP contribution in [0.25, 0.3) is 0 Å². The Bertz CT molecular complexity index is 547. The van der Waals surface area contributed by atoms with Crippen molar-refractivity contribution in [1.29, 1.82) is 5.26 Å². The maximum absolute atomic E-state index is 11.7. The number of nitriles is 1. The van der Waals surface area contributed by atoms with Crippen molar-refractivity contribution in [2.45, 2.75) is 26.7 Å². The first-order valence-corrected chi connectivity index (χ1v) is 7.65. The second kappa shape index (κ2) is 7.24. The monoisotopic (exact) mass is 285 g/mol.